The van der Waals surface area contributed by atoms with Crippen molar-refractivity contribution in [3.63, 3.8) is 0 Å². The largest absolute Gasteiger partial charge is 0.467 e. The van der Waals surface area contributed by atoms with Crippen LogP contribution in [0.25, 0.3) is 0 Å². The minimum Gasteiger partial charge on any atom is -0.467 e. The lowest BCUT2D eigenvalue weighted by Crippen LogP contribution is -2.39. The van der Waals surface area contributed by atoms with Crippen molar-refractivity contribution in [2.45, 2.75) is 45.9 Å². The van der Waals surface area contributed by atoms with Gasteiger partial charge in [-0.3, -0.25) is 9.88 Å². The van der Waals surface area contributed by atoms with Crippen LogP contribution in [0.5, 0.6) is 0 Å². The molecule has 0 radical (unpaired) electrons. The van der Waals surface area contributed by atoms with Crippen LogP contribution in [-0.2, 0) is 13.6 Å². The van der Waals surface area contributed by atoms with Gasteiger partial charge in [0.25, 0.3) is 0 Å². The van der Waals surface area contributed by atoms with E-state index in [4.69, 9.17) is 13.5 Å². The molecular formula is C13H24NO4P. The summed E-state index contributed by atoms with van der Waals surface area (Å²) < 4.78 is 29.1. The standard InChI is InChI=1S/C13H24NO4P/c1-6-17-19(15,18-7-2)12(14-13(3,4)5)11-9-8-10-16-11/h8-10,12,14H,6-7H2,1-5H3. The third-order valence-electron chi connectivity index (χ3n) is 2.32. The fourth-order valence-electron chi connectivity index (χ4n) is 1.71. The summed E-state index contributed by atoms with van der Waals surface area (Å²) in [6, 6.07) is 3.53. The number of hydrogen-bond donors (Lipinski definition) is 1. The van der Waals surface area contributed by atoms with E-state index in [9.17, 15) is 4.57 Å². The van der Waals surface area contributed by atoms with Crippen molar-refractivity contribution in [3.05, 3.63) is 24.2 Å². The van der Waals surface area contributed by atoms with Gasteiger partial charge < -0.3 is 13.5 Å². The van der Waals surface area contributed by atoms with Crippen molar-refractivity contribution in [1.82, 2.24) is 5.32 Å². The molecule has 0 aliphatic rings. The third-order valence-corrected chi connectivity index (χ3v) is 4.57. The highest BCUT2D eigenvalue weighted by atomic mass is 31.2. The first-order chi connectivity index (χ1) is 8.82. The van der Waals surface area contributed by atoms with E-state index in [1.807, 2.05) is 20.8 Å². The topological polar surface area (TPSA) is 60.7 Å². The molecule has 0 spiro atoms. The smallest absolute Gasteiger partial charge is 0.355 e. The lowest BCUT2D eigenvalue weighted by atomic mass is 10.1. The summed E-state index contributed by atoms with van der Waals surface area (Å²) in [5.74, 6) is -0.0532. The van der Waals surface area contributed by atoms with Gasteiger partial charge in [-0.05, 0) is 46.8 Å². The minimum absolute atomic E-state index is 0.249. The van der Waals surface area contributed by atoms with Crippen LogP contribution >= 0.6 is 7.60 Å². The molecule has 1 rings (SSSR count). The zero-order valence-corrected chi connectivity index (χ0v) is 13.2. The Labute approximate surface area is 115 Å². The predicted molar refractivity (Wildman–Crippen MR) is 75.2 cm³/mol. The fourth-order valence-corrected chi connectivity index (χ4v) is 3.81. The van der Waals surface area contributed by atoms with Crippen LogP contribution in [0.15, 0.2) is 22.8 Å². The summed E-state index contributed by atoms with van der Waals surface area (Å²) in [7, 11) is -3.32. The van der Waals surface area contributed by atoms with Crippen LogP contribution in [0.4, 0.5) is 0 Å². The van der Waals surface area contributed by atoms with Crippen LogP contribution in [0.1, 0.15) is 46.2 Å². The van der Waals surface area contributed by atoms with E-state index >= 15 is 0 Å². The molecule has 19 heavy (non-hydrogen) atoms. The molecule has 0 saturated carbocycles. The van der Waals surface area contributed by atoms with Crippen molar-refractivity contribution >= 4 is 7.60 Å². The number of furan rings is 1. The second kappa shape index (κ2) is 6.71. The molecule has 110 valence electrons. The molecule has 1 atom stereocenters. The Morgan fingerprint density at radius 2 is 1.89 bits per heavy atom. The molecule has 5 nitrogen and oxygen atoms in total. The summed E-state index contributed by atoms with van der Waals surface area (Å²) in [5, 5.41) is 3.26. The number of rotatable bonds is 7. The fraction of sp³-hybridized carbons (Fsp3) is 0.692. The van der Waals surface area contributed by atoms with Gasteiger partial charge in [-0.15, -0.1) is 0 Å². The van der Waals surface area contributed by atoms with Gasteiger partial charge in [-0.2, -0.15) is 0 Å². The van der Waals surface area contributed by atoms with Crippen LogP contribution < -0.4 is 5.32 Å². The Balaban J connectivity index is 3.10. The Bertz CT molecular complexity index is 401. The highest BCUT2D eigenvalue weighted by Gasteiger charge is 2.40. The summed E-state index contributed by atoms with van der Waals surface area (Å²) in [4.78, 5) is 0. The normalized spacial score (nSPS) is 14.6. The lowest BCUT2D eigenvalue weighted by molar-refractivity contribution is 0.196. The van der Waals surface area contributed by atoms with Gasteiger partial charge in [-0.25, -0.2) is 0 Å². The second-order valence-electron chi connectivity index (χ2n) is 5.19. The number of hydrogen-bond acceptors (Lipinski definition) is 5. The third kappa shape index (κ3) is 4.77. The maximum Gasteiger partial charge on any atom is 0.355 e. The lowest BCUT2D eigenvalue weighted by Gasteiger charge is -2.31. The minimum atomic E-state index is -3.32. The van der Waals surface area contributed by atoms with E-state index in [1.165, 1.54) is 0 Å². The second-order valence-corrected chi connectivity index (χ2v) is 7.30. The zero-order chi connectivity index (χ0) is 14.5. The summed E-state index contributed by atoms with van der Waals surface area (Å²) in [5.41, 5.74) is -0.249. The molecule has 0 aliphatic heterocycles. The van der Waals surface area contributed by atoms with Gasteiger partial charge in [0.2, 0.25) is 0 Å². The van der Waals surface area contributed by atoms with Crippen LogP contribution in [0, 0.1) is 0 Å². The molecule has 0 fully saturated rings. The average molecular weight is 289 g/mol. The maximum absolute atomic E-state index is 12.9. The quantitative estimate of drug-likeness (QED) is 0.770. The van der Waals surface area contributed by atoms with Gasteiger partial charge >= 0.3 is 7.60 Å². The molecule has 1 unspecified atom stereocenters. The molecule has 0 bridgehead atoms. The van der Waals surface area contributed by atoms with Gasteiger partial charge in [0.1, 0.15) is 5.76 Å². The predicted octanol–water partition coefficient (Wildman–Crippen LogP) is 3.93. The molecule has 6 heteroatoms. The van der Waals surface area contributed by atoms with E-state index in [0.717, 1.165) is 0 Å². The monoisotopic (exact) mass is 289 g/mol. The molecular weight excluding hydrogens is 265 g/mol. The highest BCUT2D eigenvalue weighted by Crippen LogP contribution is 2.60. The summed E-state index contributed by atoms with van der Waals surface area (Å²) >= 11 is 0. The SMILES string of the molecule is CCOP(=O)(OCC)C(NC(C)(C)C)c1ccco1. The molecule has 1 aromatic heterocycles. The van der Waals surface area contributed by atoms with Crippen LogP contribution in [-0.4, -0.2) is 18.8 Å². The van der Waals surface area contributed by atoms with Gasteiger partial charge in [-0.1, -0.05) is 0 Å². The van der Waals surface area contributed by atoms with E-state index in [2.05, 4.69) is 5.32 Å². The van der Waals surface area contributed by atoms with Crippen LogP contribution in [0.3, 0.4) is 0 Å². The van der Waals surface area contributed by atoms with Crippen molar-refractivity contribution in [1.29, 1.82) is 0 Å². The Morgan fingerprint density at radius 3 is 2.26 bits per heavy atom. The molecule has 1 aromatic rings. The first-order valence-corrected chi connectivity index (χ1v) is 8.13. The van der Waals surface area contributed by atoms with Gasteiger partial charge in [0.15, 0.2) is 5.78 Å². The van der Waals surface area contributed by atoms with E-state index in [0.29, 0.717) is 19.0 Å². The zero-order valence-electron chi connectivity index (χ0n) is 12.3. The molecule has 0 saturated heterocycles. The van der Waals surface area contributed by atoms with Crippen molar-refractivity contribution in [3.8, 4) is 0 Å². The summed E-state index contributed by atoms with van der Waals surface area (Å²) in [6.45, 7) is 10.2. The van der Waals surface area contributed by atoms with Crippen LogP contribution in [0.2, 0.25) is 0 Å². The molecule has 0 amide bonds. The molecule has 1 heterocycles. The first kappa shape index (κ1) is 16.4. The Kier molecular flexibility index (Phi) is 5.81. The molecule has 1 N–H and O–H groups in total. The maximum atomic E-state index is 12.9. The van der Waals surface area contributed by atoms with E-state index in [1.54, 1.807) is 32.2 Å². The van der Waals surface area contributed by atoms with Crippen molar-refractivity contribution in [2.24, 2.45) is 0 Å². The highest BCUT2D eigenvalue weighted by molar-refractivity contribution is 7.54. The number of nitrogens with one attached hydrogen (secondary N) is 1. The Morgan fingerprint density at radius 1 is 1.32 bits per heavy atom. The Hall–Kier alpha value is -0.610. The molecule has 0 aliphatic carbocycles. The van der Waals surface area contributed by atoms with E-state index in [-0.39, 0.29) is 5.54 Å². The van der Waals surface area contributed by atoms with Crippen molar-refractivity contribution < 1.29 is 18.0 Å². The molecule has 0 aromatic carbocycles. The summed E-state index contributed by atoms with van der Waals surface area (Å²) in [6.07, 6.45) is 1.55. The van der Waals surface area contributed by atoms with Gasteiger partial charge in [0, 0.05) is 5.54 Å². The van der Waals surface area contributed by atoms with Crippen molar-refractivity contribution in [2.75, 3.05) is 13.2 Å². The average Bonchev–Trinajstić information content (AvgIpc) is 2.78. The van der Waals surface area contributed by atoms with E-state index < -0.39 is 13.4 Å². The van der Waals surface area contributed by atoms with Gasteiger partial charge in [0.05, 0.1) is 19.5 Å². The first-order valence-electron chi connectivity index (χ1n) is 6.52.